The quantitative estimate of drug-likeness (QED) is 0.347. The number of H-pyrrole nitrogens is 1. The standard InChI is InChI=1S/C28H33N7O/c1-2-3-12-26-31-35(18-17-21-8-5-4-6-9-21)28(36)34(26)20-22-13-15-23(16-14-22)24-10-7-11-25(19-24)27-29-32-33-30-27/h3,7,10-16,19,21H,2,4-6,8-9,17-18,20H2,1H3,(H,29,30,32,33)/b12-3+. The molecule has 0 aliphatic heterocycles. The van der Waals surface area contributed by atoms with Crippen molar-refractivity contribution in [1.29, 1.82) is 0 Å². The molecule has 186 valence electrons. The average Bonchev–Trinajstić information content (AvgIpc) is 3.57. The lowest BCUT2D eigenvalue weighted by Gasteiger charge is -2.20. The van der Waals surface area contributed by atoms with Crippen molar-refractivity contribution < 1.29 is 0 Å². The van der Waals surface area contributed by atoms with Crippen LogP contribution < -0.4 is 5.69 Å². The highest BCUT2D eigenvalue weighted by molar-refractivity contribution is 5.70. The Labute approximate surface area is 211 Å². The molecule has 4 aromatic rings. The van der Waals surface area contributed by atoms with Crippen molar-refractivity contribution in [1.82, 2.24) is 35.0 Å². The number of benzene rings is 2. The van der Waals surface area contributed by atoms with E-state index in [0.29, 0.717) is 18.9 Å². The number of nitrogens with one attached hydrogen (secondary N) is 1. The van der Waals surface area contributed by atoms with Crippen LogP contribution in [0.5, 0.6) is 0 Å². The molecular weight excluding hydrogens is 450 g/mol. The van der Waals surface area contributed by atoms with Crippen LogP contribution in [-0.4, -0.2) is 35.0 Å². The van der Waals surface area contributed by atoms with Crippen LogP contribution in [0.3, 0.4) is 0 Å². The fraction of sp³-hybridized carbons (Fsp3) is 0.393. The molecule has 0 amide bonds. The van der Waals surface area contributed by atoms with E-state index in [1.807, 2.05) is 18.2 Å². The smallest absolute Gasteiger partial charge is 0.271 e. The van der Waals surface area contributed by atoms with E-state index in [0.717, 1.165) is 46.8 Å². The molecule has 1 saturated carbocycles. The van der Waals surface area contributed by atoms with Crippen molar-refractivity contribution in [2.24, 2.45) is 5.92 Å². The minimum Gasteiger partial charge on any atom is -0.271 e. The van der Waals surface area contributed by atoms with Gasteiger partial charge in [-0.3, -0.25) is 4.57 Å². The maximum Gasteiger partial charge on any atom is 0.346 e. The number of aromatic amines is 1. The molecule has 8 heteroatoms. The second-order valence-corrected chi connectivity index (χ2v) is 9.58. The second kappa shape index (κ2) is 11.3. The Balaban J connectivity index is 1.34. The number of nitrogens with zero attached hydrogens (tertiary/aromatic N) is 6. The van der Waals surface area contributed by atoms with Crippen LogP contribution in [0.1, 0.15) is 63.3 Å². The van der Waals surface area contributed by atoms with Crippen molar-refractivity contribution in [3.05, 3.63) is 76.5 Å². The fourth-order valence-corrected chi connectivity index (χ4v) is 4.99. The van der Waals surface area contributed by atoms with Crippen LogP contribution in [0.15, 0.2) is 59.4 Å². The van der Waals surface area contributed by atoms with Gasteiger partial charge in [0, 0.05) is 12.1 Å². The molecule has 0 unspecified atom stereocenters. The SMILES string of the molecule is CC/C=C/c1nn(CCC2CCCCC2)c(=O)n1Cc1ccc(-c2cccc(-c3nnn[nH]3)c2)cc1. The topological polar surface area (TPSA) is 94.3 Å². The predicted molar refractivity (Wildman–Crippen MR) is 141 cm³/mol. The Morgan fingerprint density at radius 2 is 1.83 bits per heavy atom. The summed E-state index contributed by atoms with van der Waals surface area (Å²) in [5, 5.41) is 18.8. The normalized spacial score (nSPS) is 14.6. The zero-order chi connectivity index (χ0) is 24.7. The van der Waals surface area contributed by atoms with Gasteiger partial charge in [-0.05, 0) is 58.0 Å². The van der Waals surface area contributed by atoms with Gasteiger partial charge in [0.2, 0.25) is 0 Å². The first-order valence-corrected chi connectivity index (χ1v) is 13.0. The summed E-state index contributed by atoms with van der Waals surface area (Å²) in [5.74, 6) is 2.08. The van der Waals surface area contributed by atoms with Gasteiger partial charge in [-0.2, -0.15) is 5.10 Å². The first-order chi connectivity index (χ1) is 17.7. The summed E-state index contributed by atoms with van der Waals surface area (Å²) in [5.41, 5.74) is 4.14. The summed E-state index contributed by atoms with van der Waals surface area (Å²) in [4.78, 5) is 13.3. The van der Waals surface area contributed by atoms with Crippen molar-refractivity contribution in [2.75, 3.05) is 0 Å². The van der Waals surface area contributed by atoms with Crippen molar-refractivity contribution >= 4 is 6.08 Å². The Kier molecular flexibility index (Phi) is 7.50. The lowest BCUT2D eigenvalue weighted by molar-refractivity contribution is 0.316. The van der Waals surface area contributed by atoms with E-state index in [1.165, 1.54) is 32.1 Å². The van der Waals surface area contributed by atoms with E-state index in [1.54, 1.807) is 9.25 Å². The molecule has 2 heterocycles. The van der Waals surface area contributed by atoms with E-state index in [9.17, 15) is 4.79 Å². The zero-order valence-electron chi connectivity index (χ0n) is 20.8. The Hall–Kier alpha value is -3.81. The van der Waals surface area contributed by atoms with E-state index in [-0.39, 0.29) is 5.69 Å². The summed E-state index contributed by atoms with van der Waals surface area (Å²) < 4.78 is 3.46. The van der Waals surface area contributed by atoms with E-state index in [2.05, 4.69) is 75.1 Å². The summed E-state index contributed by atoms with van der Waals surface area (Å²) in [6, 6.07) is 16.4. The second-order valence-electron chi connectivity index (χ2n) is 9.58. The van der Waals surface area contributed by atoms with Gasteiger partial charge in [-0.15, -0.1) is 5.10 Å². The zero-order valence-corrected chi connectivity index (χ0v) is 20.8. The molecule has 2 aromatic carbocycles. The largest absolute Gasteiger partial charge is 0.346 e. The Bertz CT molecular complexity index is 1340. The van der Waals surface area contributed by atoms with Gasteiger partial charge >= 0.3 is 5.69 Å². The summed E-state index contributed by atoms with van der Waals surface area (Å²) >= 11 is 0. The molecule has 8 nitrogen and oxygen atoms in total. The average molecular weight is 484 g/mol. The third-order valence-corrected chi connectivity index (χ3v) is 7.04. The van der Waals surface area contributed by atoms with Crippen LogP contribution in [0.25, 0.3) is 28.6 Å². The molecule has 1 N–H and O–H groups in total. The minimum absolute atomic E-state index is 0.0287. The predicted octanol–water partition coefficient (Wildman–Crippen LogP) is 5.33. The lowest BCUT2D eigenvalue weighted by atomic mass is 9.87. The van der Waals surface area contributed by atoms with Gasteiger partial charge in [0.25, 0.3) is 0 Å². The molecule has 0 spiro atoms. The highest BCUT2D eigenvalue weighted by Crippen LogP contribution is 2.27. The maximum atomic E-state index is 13.3. The maximum absolute atomic E-state index is 13.3. The first-order valence-electron chi connectivity index (χ1n) is 13.0. The van der Waals surface area contributed by atoms with Gasteiger partial charge in [0.1, 0.15) is 0 Å². The molecule has 0 saturated heterocycles. The molecule has 36 heavy (non-hydrogen) atoms. The fourth-order valence-electron chi connectivity index (χ4n) is 4.99. The van der Waals surface area contributed by atoms with Crippen molar-refractivity contribution in [2.45, 2.75) is 65.0 Å². The van der Waals surface area contributed by atoms with Crippen LogP contribution in [0.4, 0.5) is 0 Å². The van der Waals surface area contributed by atoms with Crippen molar-refractivity contribution in [3.63, 3.8) is 0 Å². The Morgan fingerprint density at radius 1 is 1.03 bits per heavy atom. The molecule has 5 rings (SSSR count). The summed E-state index contributed by atoms with van der Waals surface area (Å²) in [6.07, 6.45) is 12.5. The molecule has 1 aliphatic rings. The van der Waals surface area contributed by atoms with Crippen LogP contribution >= 0.6 is 0 Å². The molecule has 0 radical (unpaired) electrons. The summed E-state index contributed by atoms with van der Waals surface area (Å²) in [6.45, 7) is 3.28. The molecule has 0 atom stereocenters. The van der Waals surface area contributed by atoms with Gasteiger partial charge in [0.05, 0.1) is 6.54 Å². The number of tetrazole rings is 1. The monoisotopic (exact) mass is 483 g/mol. The van der Waals surface area contributed by atoms with Gasteiger partial charge in [0.15, 0.2) is 11.6 Å². The molecule has 2 aromatic heterocycles. The van der Waals surface area contributed by atoms with E-state index < -0.39 is 0 Å². The first kappa shape index (κ1) is 23.9. The number of hydrogen-bond acceptors (Lipinski definition) is 5. The van der Waals surface area contributed by atoms with E-state index in [4.69, 9.17) is 0 Å². The minimum atomic E-state index is -0.0287. The third kappa shape index (κ3) is 5.53. The van der Waals surface area contributed by atoms with Gasteiger partial charge < -0.3 is 0 Å². The van der Waals surface area contributed by atoms with Crippen LogP contribution in [0, 0.1) is 5.92 Å². The molecule has 1 aliphatic carbocycles. The number of rotatable bonds is 9. The Morgan fingerprint density at radius 3 is 2.58 bits per heavy atom. The number of aryl methyl sites for hydroxylation is 1. The number of allylic oxidation sites excluding steroid dienone is 1. The molecular formula is C28H33N7O. The van der Waals surface area contributed by atoms with Gasteiger partial charge in [-0.25, -0.2) is 14.6 Å². The van der Waals surface area contributed by atoms with Crippen LogP contribution in [0.2, 0.25) is 0 Å². The van der Waals surface area contributed by atoms with Crippen molar-refractivity contribution in [3.8, 4) is 22.5 Å². The van der Waals surface area contributed by atoms with Crippen LogP contribution in [-0.2, 0) is 13.1 Å². The highest BCUT2D eigenvalue weighted by Gasteiger charge is 2.16. The van der Waals surface area contributed by atoms with Gasteiger partial charge in [-0.1, -0.05) is 87.6 Å². The number of aromatic nitrogens is 7. The lowest BCUT2D eigenvalue weighted by Crippen LogP contribution is -2.26. The summed E-state index contributed by atoms with van der Waals surface area (Å²) in [7, 11) is 0. The highest BCUT2D eigenvalue weighted by atomic mass is 16.2. The number of hydrogen-bond donors (Lipinski definition) is 1. The van der Waals surface area contributed by atoms with E-state index >= 15 is 0 Å². The molecule has 0 bridgehead atoms. The molecule has 1 fully saturated rings. The third-order valence-electron chi connectivity index (χ3n) is 7.04.